The van der Waals surface area contributed by atoms with E-state index < -0.39 is 11.9 Å². The van der Waals surface area contributed by atoms with Gasteiger partial charge in [0.25, 0.3) is 0 Å². The lowest BCUT2D eigenvalue weighted by molar-refractivity contribution is 0.0711. The molecule has 0 radical (unpaired) electrons. The molecule has 0 aliphatic carbocycles. The number of fused-ring (bicyclic) bond motifs is 3. The number of hydrogen-bond donors (Lipinski definition) is 3. The number of H-pyrrole nitrogens is 1. The standard InChI is InChI=1S/C16H16N2O3/c19-9-3-6-13(20)16(21)15-14-11(7-8-17-15)10-4-1-2-5-12(10)18-14/h1-2,4-5,7-8,13,18-20H,3,6,9H2/t13-/m0/s1. The molecule has 0 unspecified atom stereocenters. The minimum absolute atomic E-state index is 0.0473. The molecule has 5 nitrogen and oxygen atoms in total. The second kappa shape index (κ2) is 5.63. The second-order valence-corrected chi connectivity index (χ2v) is 5.00. The van der Waals surface area contributed by atoms with E-state index in [1.807, 2.05) is 30.3 Å². The van der Waals surface area contributed by atoms with Crippen LogP contribution in [-0.4, -0.2) is 38.7 Å². The lowest BCUT2D eigenvalue weighted by Crippen LogP contribution is -2.22. The molecule has 3 aromatic rings. The zero-order valence-electron chi connectivity index (χ0n) is 11.4. The van der Waals surface area contributed by atoms with Crippen LogP contribution >= 0.6 is 0 Å². The van der Waals surface area contributed by atoms with E-state index in [0.29, 0.717) is 11.9 Å². The topological polar surface area (TPSA) is 86.2 Å². The highest BCUT2D eigenvalue weighted by Crippen LogP contribution is 2.27. The Balaban J connectivity index is 2.08. The van der Waals surface area contributed by atoms with Gasteiger partial charge in [0.1, 0.15) is 11.8 Å². The number of carbonyl (C=O) groups excluding carboxylic acids is 1. The van der Waals surface area contributed by atoms with Gasteiger partial charge in [-0.1, -0.05) is 18.2 Å². The molecule has 0 saturated carbocycles. The molecule has 0 saturated heterocycles. The van der Waals surface area contributed by atoms with E-state index in [1.54, 1.807) is 6.20 Å². The van der Waals surface area contributed by atoms with E-state index in [9.17, 15) is 9.90 Å². The number of nitrogens with zero attached hydrogens (tertiary/aromatic N) is 1. The molecule has 2 heterocycles. The zero-order valence-corrected chi connectivity index (χ0v) is 11.4. The van der Waals surface area contributed by atoms with Crippen molar-refractivity contribution in [1.82, 2.24) is 9.97 Å². The third kappa shape index (κ3) is 2.41. The van der Waals surface area contributed by atoms with Gasteiger partial charge in [-0.2, -0.15) is 0 Å². The first-order valence-corrected chi connectivity index (χ1v) is 6.91. The minimum Gasteiger partial charge on any atom is -0.396 e. The Bertz CT molecular complexity index is 794. The van der Waals surface area contributed by atoms with Gasteiger partial charge in [0.05, 0.1) is 5.52 Å². The number of benzene rings is 1. The second-order valence-electron chi connectivity index (χ2n) is 5.00. The minimum atomic E-state index is -1.14. The van der Waals surface area contributed by atoms with E-state index in [-0.39, 0.29) is 18.7 Å². The first-order chi connectivity index (χ1) is 10.2. The van der Waals surface area contributed by atoms with Gasteiger partial charge in [-0.15, -0.1) is 0 Å². The van der Waals surface area contributed by atoms with Crippen LogP contribution in [0, 0.1) is 0 Å². The molecule has 1 aromatic carbocycles. The van der Waals surface area contributed by atoms with Gasteiger partial charge in [-0.3, -0.25) is 9.78 Å². The van der Waals surface area contributed by atoms with Gasteiger partial charge in [0, 0.05) is 29.1 Å². The number of Topliss-reactive ketones (excluding diaryl/α,β-unsaturated/α-hetero) is 1. The molecule has 0 aliphatic rings. The Morgan fingerprint density at radius 2 is 2.05 bits per heavy atom. The highest BCUT2D eigenvalue weighted by atomic mass is 16.3. The van der Waals surface area contributed by atoms with Crippen molar-refractivity contribution in [3.63, 3.8) is 0 Å². The Labute approximate surface area is 121 Å². The summed E-state index contributed by atoms with van der Waals surface area (Å²) in [4.78, 5) is 19.6. The van der Waals surface area contributed by atoms with Crippen LogP contribution < -0.4 is 0 Å². The van der Waals surface area contributed by atoms with Crippen molar-refractivity contribution in [2.24, 2.45) is 0 Å². The molecule has 0 spiro atoms. The molecule has 0 bridgehead atoms. The maximum Gasteiger partial charge on any atom is 0.211 e. The van der Waals surface area contributed by atoms with E-state index >= 15 is 0 Å². The first kappa shape index (κ1) is 13.7. The van der Waals surface area contributed by atoms with Crippen LogP contribution in [0.2, 0.25) is 0 Å². The van der Waals surface area contributed by atoms with Crippen LogP contribution in [0.5, 0.6) is 0 Å². The third-order valence-electron chi connectivity index (χ3n) is 3.60. The molecule has 2 aromatic heterocycles. The van der Waals surface area contributed by atoms with Gasteiger partial charge in [0.15, 0.2) is 0 Å². The third-order valence-corrected chi connectivity index (χ3v) is 3.60. The first-order valence-electron chi connectivity index (χ1n) is 6.91. The van der Waals surface area contributed by atoms with Crippen molar-refractivity contribution < 1.29 is 15.0 Å². The van der Waals surface area contributed by atoms with Gasteiger partial charge in [-0.25, -0.2) is 0 Å². The predicted octanol–water partition coefficient (Wildman–Crippen LogP) is 2.03. The number of ketones is 1. The SMILES string of the molecule is O=C(c1nccc2c1[nH]c1ccccc12)[C@@H](O)CCCO. The highest BCUT2D eigenvalue weighted by Gasteiger charge is 2.21. The summed E-state index contributed by atoms with van der Waals surface area (Å²) in [6.07, 6.45) is 1.05. The smallest absolute Gasteiger partial charge is 0.211 e. The number of para-hydroxylation sites is 1. The molecule has 0 fully saturated rings. The molecule has 21 heavy (non-hydrogen) atoms. The summed E-state index contributed by atoms with van der Waals surface area (Å²) in [7, 11) is 0. The van der Waals surface area contributed by atoms with Gasteiger partial charge < -0.3 is 15.2 Å². The van der Waals surface area contributed by atoms with Crippen LogP contribution in [0.1, 0.15) is 23.3 Å². The van der Waals surface area contributed by atoms with Crippen LogP contribution in [0.25, 0.3) is 21.8 Å². The highest BCUT2D eigenvalue weighted by molar-refractivity contribution is 6.15. The van der Waals surface area contributed by atoms with Gasteiger partial charge in [0.2, 0.25) is 5.78 Å². The number of aliphatic hydroxyl groups is 2. The summed E-state index contributed by atoms with van der Waals surface area (Å²) in [5.74, 6) is -0.416. The number of aromatic amines is 1. The van der Waals surface area contributed by atoms with Crippen molar-refractivity contribution in [2.45, 2.75) is 18.9 Å². The Kier molecular flexibility index (Phi) is 3.68. The molecular formula is C16H16N2O3. The number of aliphatic hydroxyl groups excluding tert-OH is 2. The molecule has 108 valence electrons. The van der Waals surface area contributed by atoms with Gasteiger partial charge in [-0.05, 0) is 25.0 Å². The summed E-state index contributed by atoms with van der Waals surface area (Å²) in [5, 5.41) is 20.6. The molecule has 0 aliphatic heterocycles. The molecular weight excluding hydrogens is 268 g/mol. The average molecular weight is 284 g/mol. The maximum absolute atomic E-state index is 12.3. The predicted molar refractivity (Wildman–Crippen MR) is 80.3 cm³/mol. The van der Waals surface area contributed by atoms with Crippen LogP contribution in [0.15, 0.2) is 36.5 Å². The summed E-state index contributed by atoms with van der Waals surface area (Å²) in [6, 6.07) is 9.62. The van der Waals surface area contributed by atoms with E-state index in [4.69, 9.17) is 5.11 Å². The number of pyridine rings is 1. The number of carbonyl (C=O) groups is 1. The molecule has 3 N–H and O–H groups in total. The van der Waals surface area contributed by atoms with Crippen LogP contribution in [0.4, 0.5) is 0 Å². The fraction of sp³-hybridized carbons (Fsp3) is 0.250. The Morgan fingerprint density at radius 3 is 2.86 bits per heavy atom. The van der Waals surface area contributed by atoms with E-state index in [0.717, 1.165) is 16.3 Å². The lowest BCUT2D eigenvalue weighted by Gasteiger charge is -2.08. The normalized spacial score (nSPS) is 12.9. The summed E-state index contributed by atoms with van der Waals surface area (Å²) < 4.78 is 0. The number of rotatable bonds is 5. The molecule has 0 amide bonds. The fourth-order valence-corrected chi connectivity index (χ4v) is 2.53. The van der Waals surface area contributed by atoms with Crippen molar-refractivity contribution in [3.05, 3.63) is 42.2 Å². The molecule has 3 rings (SSSR count). The largest absolute Gasteiger partial charge is 0.396 e. The Morgan fingerprint density at radius 1 is 1.24 bits per heavy atom. The summed E-state index contributed by atoms with van der Waals surface area (Å²) in [5.41, 5.74) is 1.82. The fourth-order valence-electron chi connectivity index (χ4n) is 2.53. The number of hydrogen-bond acceptors (Lipinski definition) is 4. The zero-order chi connectivity index (χ0) is 14.8. The summed E-state index contributed by atoms with van der Waals surface area (Å²) in [6.45, 7) is -0.0473. The van der Waals surface area contributed by atoms with E-state index in [1.165, 1.54) is 0 Å². The lowest BCUT2D eigenvalue weighted by atomic mass is 10.0. The Hall–Kier alpha value is -2.24. The van der Waals surface area contributed by atoms with E-state index in [2.05, 4.69) is 9.97 Å². The van der Waals surface area contributed by atoms with Crippen molar-refractivity contribution >= 4 is 27.6 Å². The van der Waals surface area contributed by atoms with Crippen molar-refractivity contribution in [1.29, 1.82) is 0 Å². The maximum atomic E-state index is 12.3. The monoisotopic (exact) mass is 284 g/mol. The number of aromatic nitrogens is 2. The summed E-state index contributed by atoms with van der Waals surface area (Å²) >= 11 is 0. The average Bonchev–Trinajstić information content (AvgIpc) is 2.90. The van der Waals surface area contributed by atoms with Crippen molar-refractivity contribution in [2.75, 3.05) is 6.61 Å². The molecule has 5 heteroatoms. The van der Waals surface area contributed by atoms with Gasteiger partial charge >= 0.3 is 0 Å². The number of nitrogens with one attached hydrogen (secondary N) is 1. The quantitative estimate of drug-likeness (QED) is 0.626. The molecule has 1 atom stereocenters. The van der Waals surface area contributed by atoms with Crippen LogP contribution in [0.3, 0.4) is 0 Å². The van der Waals surface area contributed by atoms with Crippen LogP contribution in [-0.2, 0) is 0 Å². The van der Waals surface area contributed by atoms with Crippen molar-refractivity contribution in [3.8, 4) is 0 Å².